The van der Waals surface area contributed by atoms with Crippen molar-refractivity contribution in [3.05, 3.63) is 77.6 Å². The van der Waals surface area contributed by atoms with E-state index in [1.54, 1.807) is 7.11 Å². The molecule has 1 aliphatic heterocycles. The van der Waals surface area contributed by atoms with Crippen LogP contribution in [0.1, 0.15) is 40.4 Å². The van der Waals surface area contributed by atoms with E-state index in [-0.39, 0.29) is 11.8 Å². The van der Waals surface area contributed by atoms with Gasteiger partial charge in [0.1, 0.15) is 5.75 Å². The Labute approximate surface area is 171 Å². The maximum atomic E-state index is 13.1. The van der Waals surface area contributed by atoms with E-state index in [1.807, 2.05) is 53.6 Å². The number of ether oxygens (including phenoxy) is 1. The SMILES string of the molecule is COc1ccccc1C(=O)N1CCCC(c2ccnc(-c3cccc(C)c3)n2)C1. The van der Waals surface area contributed by atoms with Gasteiger partial charge in [0.15, 0.2) is 5.82 Å². The highest BCUT2D eigenvalue weighted by atomic mass is 16.5. The number of benzene rings is 2. The van der Waals surface area contributed by atoms with Crippen LogP contribution in [0.2, 0.25) is 0 Å². The molecule has 1 fully saturated rings. The van der Waals surface area contributed by atoms with Crippen LogP contribution in [0.5, 0.6) is 5.75 Å². The molecule has 1 amide bonds. The first-order valence-electron chi connectivity index (χ1n) is 9.98. The van der Waals surface area contributed by atoms with Crippen LogP contribution in [0.3, 0.4) is 0 Å². The predicted octanol–water partition coefficient (Wildman–Crippen LogP) is 4.48. The van der Waals surface area contributed by atoms with Gasteiger partial charge >= 0.3 is 0 Å². The fourth-order valence-electron chi connectivity index (χ4n) is 3.92. The molecule has 0 N–H and O–H groups in total. The molecule has 1 atom stereocenters. The van der Waals surface area contributed by atoms with Crippen molar-refractivity contribution in [2.75, 3.05) is 20.2 Å². The molecule has 0 radical (unpaired) electrons. The topological polar surface area (TPSA) is 55.3 Å². The van der Waals surface area contributed by atoms with Crippen molar-refractivity contribution in [3.8, 4) is 17.1 Å². The van der Waals surface area contributed by atoms with Crippen LogP contribution in [-0.2, 0) is 0 Å². The van der Waals surface area contributed by atoms with Crippen LogP contribution < -0.4 is 4.74 Å². The zero-order chi connectivity index (χ0) is 20.2. The number of methoxy groups -OCH3 is 1. The summed E-state index contributed by atoms with van der Waals surface area (Å²) in [6.07, 6.45) is 3.79. The van der Waals surface area contributed by atoms with E-state index in [2.05, 4.69) is 24.0 Å². The summed E-state index contributed by atoms with van der Waals surface area (Å²) in [4.78, 5) is 24.3. The monoisotopic (exact) mass is 387 g/mol. The number of likely N-dealkylation sites (tertiary alicyclic amines) is 1. The predicted molar refractivity (Wildman–Crippen MR) is 113 cm³/mol. The zero-order valence-corrected chi connectivity index (χ0v) is 16.8. The van der Waals surface area contributed by atoms with Gasteiger partial charge in [-0.05, 0) is 44.0 Å². The summed E-state index contributed by atoms with van der Waals surface area (Å²) in [5.41, 5.74) is 3.81. The minimum atomic E-state index is 0.0140. The van der Waals surface area contributed by atoms with Gasteiger partial charge in [0.2, 0.25) is 0 Å². The quantitative estimate of drug-likeness (QED) is 0.662. The van der Waals surface area contributed by atoms with E-state index in [1.165, 1.54) is 5.56 Å². The lowest BCUT2D eigenvalue weighted by molar-refractivity contribution is 0.0702. The Kier molecular flexibility index (Phi) is 5.56. The number of amides is 1. The van der Waals surface area contributed by atoms with E-state index >= 15 is 0 Å². The zero-order valence-electron chi connectivity index (χ0n) is 16.8. The van der Waals surface area contributed by atoms with Gasteiger partial charge in [-0.1, -0.05) is 35.9 Å². The molecule has 1 saturated heterocycles. The van der Waals surface area contributed by atoms with Crippen molar-refractivity contribution in [2.24, 2.45) is 0 Å². The highest BCUT2D eigenvalue weighted by molar-refractivity contribution is 5.97. The number of para-hydroxylation sites is 1. The number of rotatable bonds is 4. The van der Waals surface area contributed by atoms with Crippen LogP contribution in [-0.4, -0.2) is 41.0 Å². The maximum Gasteiger partial charge on any atom is 0.257 e. The van der Waals surface area contributed by atoms with Crippen molar-refractivity contribution < 1.29 is 9.53 Å². The smallest absolute Gasteiger partial charge is 0.257 e. The summed E-state index contributed by atoms with van der Waals surface area (Å²) in [5.74, 6) is 1.57. The fourth-order valence-corrected chi connectivity index (χ4v) is 3.92. The average Bonchev–Trinajstić information content (AvgIpc) is 2.79. The Morgan fingerprint density at radius 3 is 2.83 bits per heavy atom. The molecule has 0 spiro atoms. The van der Waals surface area contributed by atoms with Gasteiger partial charge < -0.3 is 9.64 Å². The van der Waals surface area contributed by atoms with E-state index in [9.17, 15) is 4.79 Å². The highest BCUT2D eigenvalue weighted by Gasteiger charge is 2.28. The number of aromatic nitrogens is 2. The normalized spacial score (nSPS) is 16.5. The second kappa shape index (κ2) is 8.43. The molecule has 0 bridgehead atoms. The molecule has 1 aromatic heterocycles. The molecule has 148 valence electrons. The number of carbonyl (C=O) groups excluding carboxylic acids is 1. The molecule has 29 heavy (non-hydrogen) atoms. The van der Waals surface area contributed by atoms with Crippen LogP contribution in [0.15, 0.2) is 60.8 Å². The first kappa shape index (κ1) is 19.1. The Bertz CT molecular complexity index is 1020. The summed E-state index contributed by atoms with van der Waals surface area (Å²) in [5, 5.41) is 0. The fraction of sp³-hybridized carbons (Fsp3) is 0.292. The number of carbonyl (C=O) groups is 1. The molecule has 5 nitrogen and oxygen atoms in total. The van der Waals surface area contributed by atoms with Crippen molar-refractivity contribution in [2.45, 2.75) is 25.7 Å². The van der Waals surface area contributed by atoms with Gasteiger partial charge in [-0.15, -0.1) is 0 Å². The second-order valence-corrected chi connectivity index (χ2v) is 7.47. The summed E-state index contributed by atoms with van der Waals surface area (Å²) < 4.78 is 5.37. The molecule has 1 aliphatic rings. The molecule has 2 aromatic carbocycles. The third-order valence-electron chi connectivity index (χ3n) is 5.42. The number of piperidine rings is 1. The highest BCUT2D eigenvalue weighted by Crippen LogP contribution is 2.29. The van der Waals surface area contributed by atoms with Crippen LogP contribution in [0.25, 0.3) is 11.4 Å². The van der Waals surface area contributed by atoms with Gasteiger partial charge in [-0.2, -0.15) is 0 Å². The standard InChI is InChI=1S/C24H25N3O2/c1-17-7-5-8-18(15-17)23-25-13-12-21(26-23)19-9-6-14-27(16-19)24(28)20-10-3-4-11-22(20)29-2/h3-5,7-8,10-13,15,19H,6,9,14,16H2,1-2H3. The minimum Gasteiger partial charge on any atom is -0.496 e. The molecular weight excluding hydrogens is 362 g/mol. The lowest BCUT2D eigenvalue weighted by atomic mass is 9.94. The molecule has 0 aliphatic carbocycles. The van der Waals surface area contributed by atoms with E-state index in [0.717, 1.165) is 36.5 Å². The minimum absolute atomic E-state index is 0.0140. The van der Waals surface area contributed by atoms with Crippen LogP contribution in [0, 0.1) is 6.92 Å². The van der Waals surface area contributed by atoms with E-state index in [0.29, 0.717) is 17.9 Å². The van der Waals surface area contributed by atoms with Crippen molar-refractivity contribution in [3.63, 3.8) is 0 Å². The molecule has 0 saturated carbocycles. The van der Waals surface area contributed by atoms with Crippen LogP contribution in [0.4, 0.5) is 0 Å². The summed E-state index contributed by atoms with van der Waals surface area (Å²) >= 11 is 0. The Morgan fingerprint density at radius 1 is 1.14 bits per heavy atom. The third kappa shape index (κ3) is 4.14. The van der Waals surface area contributed by atoms with Crippen molar-refractivity contribution in [1.82, 2.24) is 14.9 Å². The maximum absolute atomic E-state index is 13.1. The summed E-state index contributed by atoms with van der Waals surface area (Å²) in [6.45, 7) is 3.47. The Balaban J connectivity index is 1.56. The molecule has 1 unspecified atom stereocenters. The second-order valence-electron chi connectivity index (χ2n) is 7.47. The van der Waals surface area contributed by atoms with Gasteiger partial charge in [0.05, 0.1) is 12.7 Å². The van der Waals surface area contributed by atoms with Gasteiger partial charge in [-0.3, -0.25) is 4.79 Å². The van der Waals surface area contributed by atoms with E-state index in [4.69, 9.17) is 9.72 Å². The van der Waals surface area contributed by atoms with Gasteiger partial charge in [-0.25, -0.2) is 9.97 Å². The first-order valence-corrected chi connectivity index (χ1v) is 9.98. The molecular formula is C24H25N3O2. The molecule has 2 heterocycles. The van der Waals surface area contributed by atoms with E-state index < -0.39 is 0 Å². The van der Waals surface area contributed by atoms with Gasteiger partial charge in [0.25, 0.3) is 5.91 Å². The number of hydrogen-bond donors (Lipinski definition) is 0. The van der Waals surface area contributed by atoms with Crippen LogP contribution >= 0.6 is 0 Å². The first-order chi connectivity index (χ1) is 14.2. The number of aryl methyl sites for hydroxylation is 1. The summed E-state index contributed by atoms with van der Waals surface area (Å²) in [7, 11) is 1.60. The Hall–Kier alpha value is -3.21. The number of hydrogen-bond acceptors (Lipinski definition) is 4. The van der Waals surface area contributed by atoms with Crippen molar-refractivity contribution in [1.29, 1.82) is 0 Å². The molecule has 3 aromatic rings. The number of nitrogens with zero attached hydrogens (tertiary/aromatic N) is 3. The van der Waals surface area contributed by atoms with Crippen molar-refractivity contribution >= 4 is 5.91 Å². The molecule has 5 heteroatoms. The lowest BCUT2D eigenvalue weighted by Crippen LogP contribution is -2.39. The summed E-state index contributed by atoms with van der Waals surface area (Å²) in [6, 6.07) is 17.6. The molecule has 4 rings (SSSR count). The lowest BCUT2D eigenvalue weighted by Gasteiger charge is -2.33. The third-order valence-corrected chi connectivity index (χ3v) is 5.42. The Morgan fingerprint density at radius 2 is 2.00 bits per heavy atom. The van der Waals surface area contributed by atoms with Gasteiger partial charge in [0, 0.05) is 36.5 Å². The average molecular weight is 387 g/mol. The largest absolute Gasteiger partial charge is 0.496 e.